The Balaban J connectivity index is 1.78. The lowest BCUT2D eigenvalue weighted by Crippen LogP contribution is -2.45. The van der Waals surface area contributed by atoms with E-state index in [0.29, 0.717) is 49.1 Å². The first-order valence-corrected chi connectivity index (χ1v) is 11.5. The average molecular weight is 459 g/mol. The van der Waals surface area contributed by atoms with Gasteiger partial charge in [-0.05, 0) is 43.5 Å². The van der Waals surface area contributed by atoms with Gasteiger partial charge < -0.3 is 28.4 Å². The summed E-state index contributed by atoms with van der Waals surface area (Å²) in [5.41, 5.74) is 0.423. The van der Waals surface area contributed by atoms with Gasteiger partial charge in [0.05, 0.1) is 33.1 Å². The number of rotatable bonds is 12. The Morgan fingerprint density at radius 1 is 1.12 bits per heavy atom. The van der Waals surface area contributed by atoms with Crippen LogP contribution in [0.5, 0.6) is 11.5 Å². The topological polar surface area (TPSA) is 81.5 Å². The molecule has 0 spiro atoms. The summed E-state index contributed by atoms with van der Waals surface area (Å²) in [6, 6.07) is 8.70. The molecule has 1 aliphatic heterocycles. The van der Waals surface area contributed by atoms with Gasteiger partial charge in [0.1, 0.15) is 23.8 Å². The number of carbonyl (C=O) groups is 2. The Hall–Kier alpha value is -3.00. The van der Waals surface area contributed by atoms with Gasteiger partial charge in [0.15, 0.2) is 0 Å². The van der Waals surface area contributed by atoms with Crippen molar-refractivity contribution >= 4 is 11.8 Å². The monoisotopic (exact) mass is 458 g/mol. The van der Waals surface area contributed by atoms with Crippen molar-refractivity contribution in [1.82, 2.24) is 9.80 Å². The van der Waals surface area contributed by atoms with Crippen molar-refractivity contribution in [2.75, 3.05) is 40.5 Å². The number of amides is 2. The normalized spacial score (nSPS) is 15.3. The molecule has 1 saturated heterocycles. The second kappa shape index (κ2) is 12.3. The molecule has 1 aliphatic rings. The van der Waals surface area contributed by atoms with Crippen LogP contribution in [0, 0.1) is 0 Å². The molecule has 0 saturated carbocycles. The number of hydrogen-bond acceptors (Lipinski definition) is 6. The van der Waals surface area contributed by atoms with Crippen molar-refractivity contribution in [3.8, 4) is 11.5 Å². The van der Waals surface area contributed by atoms with E-state index in [9.17, 15) is 9.59 Å². The van der Waals surface area contributed by atoms with E-state index in [1.807, 2.05) is 6.07 Å². The molecule has 1 fully saturated rings. The van der Waals surface area contributed by atoms with Crippen LogP contribution in [0.3, 0.4) is 0 Å². The lowest BCUT2D eigenvalue weighted by molar-refractivity contribution is -0.134. The number of ether oxygens (including phenoxy) is 3. The van der Waals surface area contributed by atoms with Crippen LogP contribution < -0.4 is 9.47 Å². The molecule has 1 aromatic carbocycles. The summed E-state index contributed by atoms with van der Waals surface area (Å²) >= 11 is 0. The molecule has 33 heavy (non-hydrogen) atoms. The second-order valence-corrected chi connectivity index (χ2v) is 8.17. The number of furan rings is 1. The maximum Gasteiger partial charge on any atom is 0.254 e. The quantitative estimate of drug-likeness (QED) is 0.482. The van der Waals surface area contributed by atoms with Gasteiger partial charge in [0, 0.05) is 31.3 Å². The van der Waals surface area contributed by atoms with Gasteiger partial charge >= 0.3 is 0 Å². The fraction of sp³-hybridized carbons (Fsp3) is 0.520. The number of methoxy groups -OCH3 is 2. The molecule has 1 atom stereocenters. The number of hydrogen-bond donors (Lipinski definition) is 0. The van der Waals surface area contributed by atoms with Gasteiger partial charge in [-0.1, -0.05) is 13.3 Å². The summed E-state index contributed by atoms with van der Waals surface area (Å²) in [5, 5.41) is 0. The van der Waals surface area contributed by atoms with E-state index in [4.69, 9.17) is 18.6 Å². The molecule has 3 rings (SSSR count). The Morgan fingerprint density at radius 3 is 2.45 bits per heavy atom. The molecule has 8 nitrogen and oxygen atoms in total. The van der Waals surface area contributed by atoms with Crippen LogP contribution in [-0.4, -0.2) is 68.2 Å². The minimum atomic E-state index is -0.232. The van der Waals surface area contributed by atoms with Crippen LogP contribution in [-0.2, 0) is 16.1 Å². The van der Waals surface area contributed by atoms with Crippen LogP contribution >= 0.6 is 0 Å². The zero-order chi connectivity index (χ0) is 23.6. The highest BCUT2D eigenvalue weighted by atomic mass is 16.5. The molecule has 0 N–H and O–H groups in total. The number of nitrogens with zero attached hydrogens (tertiary/aromatic N) is 2. The zero-order valence-electron chi connectivity index (χ0n) is 19.7. The molecule has 8 heteroatoms. The highest BCUT2D eigenvalue weighted by Gasteiger charge is 2.27. The Bertz CT molecular complexity index is 870. The van der Waals surface area contributed by atoms with Gasteiger partial charge in [-0.2, -0.15) is 0 Å². The molecule has 0 radical (unpaired) electrons. The molecule has 2 heterocycles. The second-order valence-electron chi connectivity index (χ2n) is 8.17. The van der Waals surface area contributed by atoms with Crippen LogP contribution in [0.2, 0.25) is 0 Å². The molecule has 1 unspecified atom stereocenters. The Labute approximate surface area is 195 Å². The SMILES string of the molecule is CCCCN(CC(=O)N(Cc1ccco1)CC1CCCO1)C(=O)c1cc(OC)cc(OC)c1. The van der Waals surface area contributed by atoms with Crippen molar-refractivity contribution in [3.05, 3.63) is 47.9 Å². The predicted molar refractivity (Wildman–Crippen MR) is 123 cm³/mol. The average Bonchev–Trinajstić information content (AvgIpc) is 3.54. The van der Waals surface area contributed by atoms with Crippen LogP contribution in [0.1, 0.15) is 48.7 Å². The van der Waals surface area contributed by atoms with Crippen molar-refractivity contribution in [2.24, 2.45) is 0 Å². The maximum atomic E-state index is 13.4. The Morgan fingerprint density at radius 2 is 1.88 bits per heavy atom. The fourth-order valence-corrected chi connectivity index (χ4v) is 3.86. The standard InChI is InChI=1S/C25H34N2O6/c1-4-5-10-26(25(29)19-13-22(30-2)15-23(14-19)31-3)18-24(28)27(16-20-8-6-11-32-20)17-21-9-7-12-33-21/h6,8,11,13-15,21H,4-5,7,9-10,12,16-18H2,1-3H3. The summed E-state index contributed by atoms with van der Waals surface area (Å²) in [6.07, 6.45) is 5.22. The van der Waals surface area contributed by atoms with Crippen LogP contribution in [0.4, 0.5) is 0 Å². The van der Waals surface area contributed by atoms with Gasteiger partial charge in [0.2, 0.25) is 5.91 Å². The first-order valence-electron chi connectivity index (χ1n) is 11.5. The molecule has 1 aromatic heterocycles. The highest BCUT2D eigenvalue weighted by molar-refractivity contribution is 5.97. The summed E-state index contributed by atoms with van der Waals surface area (Å²) in [6.45, 7) is 4.05. The zero-order valence-corrected chi connectivity index (χ0v) is 19.7. The smallest absolute Gasteiger partial charge is 0.254 e. The first-order chi connectivity index (χ1) is 16.0. The third-order valence-corrected chi connectivity index (χ3v) is 5.72. The summed E-state index contributed by atoms with van der Waals surface area (Å²) in [4.78, 5) is 30.1. The van der Waals surface area contributed by atoms with E-state index in [2.05, 4.69) is 6.92 Å². The fourth-order valence-electron chi connectivity index (χ4n) is 3.86. The minimum absolute atomic E-state index is 0.00588. The Kier molecular flexibility index (Phi) is 9.18. The van der Waals surface area contributed by atoms with E-state index in [1.165, 1.54) is 0 Å². The highest BCUT2D eigenvalue weighted by Crippen LogP contribution is 2.24. The van der Waals surface area contributed by atoms with Crippen molar-refractivity contribution < 1.29 is 28.2 Å². The van der Waals surface area contributed by atoms with E-state index < -0.39 is 0 Å². The van der Waals surface area contributed by atoms with Crippen LogP contribution in [0.25, 0.3) is 0 Å². The molecule has 2 aromatic rings. The molecule has 2 amide bonds. The lowest BCUT2D eigenvalue weighted by Gasteiger charge is -2.29. The summed E-state index contributed by atoms with van der Waals surface area (Å²) < 4.78 is 21.9. The van der Waals surface area contributed by atoms with E-state index >= 15 is 0 Å². The van der Waals surface area contributed by atoms with Gasteiger partial charge in [-0.3, -0.25) is 9.59 Å². The third-order valence-electron chi connectivity index (χ3n) is 5.72. The van der Waals surface area contributed by atoms with E-state index in [0.717, 1.165) is 25.7 Å². The molecule has 180 valence electrons. The molecule has 0 bridgehead atoms. The predicted octanol–water partition coefficient (Wildman–Crippen LogP) is 3.75. The van der Waals surface area contributed by atoms with Crippen molar-refractivity contribution in [1.29, 1.82) is 0 Å². The van der Waals surface area contributed by atoms with Gasteiger partial charge in [-0.25, -0.2) is 0 Å². The van der Waals surface area contributed by atoms with E-state index in [1.54, 1.807) is 54.5 Å². The molecular formula is C25H34N2O6. The lowest BCUT2D eigenvalue weighted by atomic mass is 10.1. The minimum Gasteiger partial charge on any atom is -0.497 e. The number of carbonyl (C=O) groups excluding carboxylic acids is 2. The summed E-state index contributed by atoms with van der Waals surface area (Å²) in [7, 11) is 3.08. The van der Waals surface area contributed by atoms with E-state index in [-0.39, 0.29) is 24.5 Å². The number of unbranched alkanes of at least 4 members (excludes halogenated alkanes) is 1. The largest absolute Gasteiger partial charge is 0.497 e. The number of benzene rings is 1. The van der Waals surface area contributed by atoms with Crippen molar-refractivity contribution in [3.63, 3.8) is 0 Å². The maximum absolute atomic E-state index is 13.4. The van der Waals surface area contributed by atoms with Gasteiger partial charge in [-0.15, -0.1) is 0 Å². The summed E-state index contributed by atoms with van der Waals surface area (Å²) in [5.74, 6) is 1.38. The first kappa shape index (κ1) is 24.6. The van der Waals surface area contributed by atoms with Gasteiger partial charge in [0.25, 0.3) is 5.91 Å². The van der Waals surface area contributed by atoms with Crippen molar-refractivity contribution in [2.45, 2.75) is 45.3 Å². The molecular weight excluding hydrogens is 424 g/mol. The third kappa shape index (κ3) is 6.99. The molecule has 0 aliphatic carbocycles. The van der Waals surface area contributed by atoms with Crippen LogP contribution in [0.15, 0.2) is 41.0 Å².